The molecule has 0 fully saturated rings. The zero-order valence-electron chi connectivity index (χ0n) is 9.15. The number of hydrogen-bond acceptors (Lipinski definition) is 3. The molecule has 0 radical (unpaired) electrons. The topological polar surface area (TPSA) is 52.0 Å². The molecule has 0 saturated heterocycles. The molecule has 0 aliphatic heterocycles. The number of benzene rings is 2. The molecule has 0 amide bonds. The minimum absolute atomic E-state index is 0.612. The number of fused-ring (bicyclic) bond motifs is 1. The van der Waals surface area contributed by atoms with Crippen LogP contribution in [0.4, 0.5) is 5.69 Å². The summed E-state index contributed by atoms with van der Waals surface area (Å²) in [7, 11) is 0. The Morgan fingerprint density at radius 1 is 1.17 bits per heavy atom. The van der Waals surface area contributed by atoms with E-state index in [4.69, 9.17) is 10.2 Å². The second-order valence-corrected chi connectivity index (χ2v) is 5.95. The second kappa shape index (κ2) is 4.55. The van der Waals surface area contributed by atoms with Gasteiger partial charge in [0, 0.05) is 19.8 Å². The summed E-state index contributed by atoms with van der Waals surface area (Å²) >= 11 is 5.72. The van der Waals surface area contributed by atoms with Crippen LogP contribution in [-0.4, -0.2) is 4.98 Å². The number of halogens is 2. The Morgan fingerprint density at radius 3 is 2.83 bits per heavy atom. The smallest absolute Gasteiger partial charge is 0.228 e. The standard InChI is InChI=1S/C13H8BrIN2O/c14-7-1-3-10(15)9(5-7)13-17-11-4-2-8(16)6-12(11)18-13/h1-6H,16H2. The Labute approximate surface area is 126 Å². The Hall–Kier alpha value is -1.08. The zero-order chi connectivity index (χ0) is 12.7. The van der Waals surface area contributed by atoms with Gasteiger partial charge in [-0.25, -0.2) is 4.98 Å². The highest BCUT2D eigenvalue weighted by Gasteiger charge is 2.11. The number of hydrogen-bond donors (Lipinski definition) is 1. The number of rotatable bonds is 1. The minimum atomic E-state index is 0.612. The van der Waals surface area contributed by atoms with Crippen molar-refractivity contribution in [3.63, 3.8) is 0 Å². The van der Waals surface area contributed by atoms with Crippen molar-refractivity contribution in [2.24, 2.45) is 0 Å². The van der Waals surface area contributed by atoms with Crippen LogP contribution in [-0.2, 0) is 0 Å². The SMILES string of the molecule is Nc1ccc2nc(-c3cc(Br)ccc3I)oc2c1. The van der Waals surface area contributed by atoms with Crippen LogP contribution in [0.2, 0.25) is 0 Å². The third-order valence-corrected chi connectivity index (χ3v) is 4.01. The van der Waals surface area contributed by atoms with E-state index >= 15 is 0 Å². The zero-order valence-corrected chi connectivity index (χ0v) is 12.9. The molecule has 0 atom stereocenters. The highest BCUT2D eigenvalue weighted by molar-refractivity contribution is 14.1. The molecule has 2 N–H and O–H groups in total. The van der Waals surface area contributed by atoms with Gasteiger partial charge in [0.1, 0.15) is 5.52 Å². The first-order chi connectivity index (χ1) is 8.63. The molecule has 0 unspecified atom stereocenters. The van der Waals surface area contributed by atoms with Gasteiger partial charge in [0.15, 0.2) is 5.58 Å². The van der Waals surface area contributed by atoms with E-state index in [9.17, 15) is 0 Å². The average molecular weight is 415 g/mol. The Kier molecular flexibility index (Phi) is 3.03. The average Bonchev–Trinajstić information content (AvgIpc) is 2.74. The van der Waals surface area contributed by atoms with Gasteiger partial charge in [-0.2, -0.15) is 0 Å². The van der Waals surface area contributed by atoms with Gasteiger partial charge in [-0.1, -0.05) is 15.9 Å². The summed E-state index contributed by atoms with van der Waals surface area (Å²) in [5.41, 5.74) is 8.90. The van der Waals surface area contributed by atoms with Crippen LogP contribution in [0.1, 0.15) is 0 Å². The predicted octanol–water partition coefficient (Wildman–Crippen LogP) is 4.44. The first kappa shape index (κ1) is 12.0. The van der Waals surface area contributed by atoms with E-state index in [-0.39, 0.29) is 0 Å². The Bertz CT molecular complexity index is 739. The predicted molar refractivity (Wildman–Crippen MR) is 84.3 cm³/mol. The molecule has 0 aliphatic carbocycles. The lowest BCUT2D eigenvalue weighted by Crippen LogP contribution is -1.82. The van der Waals surface area contributed by atoms with Gasteiger partial charge in [-0.15, -0.1) is 0 Å². The van der Waals surface area contributed by atoms with Crippen molar-refractivity contribution in [1.82, 2.24) is 4.98 Å². The number of anilines is 1. The van der Waals surface area contributed by atoms with Gasteiger partial charge in [-0.05, 0) is 52.9 Å². The van der Waals surface area contributed by atoms with Crippen LogP contribution in [0, 0.1) is 3.57 Å². The van der Waals surface area contributed by atoms with Crippen LogP contribution in [0.15, 0.2) is 45.3 Å². The van der Waals surface area contributed by atoms with E-state index in [0.29, 0.717) is 17.2 Å². The van der Waals surface area contributed by atoms with Crippen molar-refractivity contribution in [2.45, 2.75) is 0 Å². The summed E-state index contributed by atoms with van der Waals surface area (Å²) in [6.45, 7) is 0. The molecule has 1 aromatic heterocycles. The summed E-state index contributed by atoms with van der Waals surface area (Å²) in [4.78, 5) is 4.48. The molecule has 0 spiro atoms. The first-order valence-electron chi connectivity index (χ1n) is 5.25. The number of aromatic nitrogens is 1. The van der Waals surface area contributed by atoms with Crippen LogP contribution in [0.5, 0.6) is 0 Å². The number of oxazole rings is 1. The molecule has 0 aliphatic rings. The van der Waals surface area contributed by atoms with Crippen molar-refractivity contribution in [3.05, 3.63) is 44.4 Å². The third kappa shape index (κ3) is 2.12. The highest BCUT2D eigenvalue weighted by atomic mass is 127. The summed E-state index contributed by atoms with van der Waals surface area (Å²) in [5, 5.41) is 0. The summed E-state index contributed by atoms with van der Waals surface area (Å²) in [6.07, 6.45) is 0. The van der Waals surface area contributed by atoms with E-state index < -0.39 is 0 Å². The molecule has 3 nitrogen and oxygen atoms in total. The lowest BCUT2D eigenvalue weighted by atomic mass is 10.2. The maximum atomic E-state index is 5.75. The summed E-state index contributed by atoms with van der Waals surface area (Å²) in [6, 6.07) is 11.5. The normalized spacial score (nSPS) is 11.0. The van der Waals surface area contributed by atoms with Crippen molar-refractivity contribution in [2.75, 3.05) is 5.73 Å². The van der Waals surface area contributed by atoms with E-state index in [1.165, 1.54) is 0 Å². The number of nitrogens with zero attached hydrogens (tertiary/aromatic N) is 1. The van der Waals surface area contributed by atoms with Gasteiger partial charge >= 0.3 is 0 Å². The van der Waals surface area contributed by atoms with Crippen LogP contribution in [0.3, 0.4) is 0 Å². The lowest BCUT2D eigenvalue weighted by Gasteiger charge is -1.99. The highest BCUT2D eigenvalue weighted by Crippen LogP contribution is 2.30. The molecule has 2 aromatic carbocycles. The fourth-order valence-corrected chi connectivity index (χ4v) is 2.65. The fourth-order valence-electron chi connectivity index (χ4n) is 1.72. The molecule has 0 bridgehead atoms. The molecule has 3 aromatic rings. The van der Waals surface area contributed by atoms with Crippen LogP contribution in [0.25, 0.3) is 22.6 Å². The monoisotopic (exact) mass is 414 g/mol. The Morgan fingerprint density at radius 2 is 2.00 bits per heavy atom. The molecule has 90 valence electrons. The molecule has 18 heavy (non-hydrogen) atoms. The quantitative estimate of drug-likeness (QED) is 0.473. The van der Waals surface area contributed by atoms with Gasteiger partial charge in [-0.3, -0.25) is 0 Å². The summed E-state index contributed by atoms with van der Waals surface area (Å²) < 4.78 is 7.85. The fraction of sp³-hybridized carbons (Fsp3) is 0. The Balaban J connectivity index is 2.22. The molecular weight excluding hydrogens is 407 g/mol. The van der Waals surface area contributed by atoms with Crippen molar-refractivity contribution >= 4 is 55.3 Å². The molecule has 5 heteroatoms. The van der Waals surface area contributed by atoms with Crippen molar-refractivity contribution in [3.8, 4) is 11.5 Å². The first-order valence-corrected chi connectivity index (χ1v) is 7.12. The largest absolute Gasteiger partial charge is 0.436 e. The second-order valence-electron chi connectivity index (χ2n) is 3.87. The van der Waals surface area contributed by atoms with E-state index in [0.717, 1.165) is 19.1 Å². The molecular formula is C13H8BrIN2O. The van der Waals surface area contributed by atoms with Gasteiger partial charge in [0.05, 0.1) is 5.56 Å². The van der Waals surface area contributed by atoms with Gasteiger partial charge < -0.3 is 10.2 Å². The minimum Gasteiger partial charge on any atom is -0.436 e. The van der Waals surface area contributed by atoms with Gasteiger partial charge in [0.2, 0.25) is 5.89 Å². The van der Waals surface area contributed by atoms with Crippen LogP contribution < -0.4 is 5.73 Å². The maximum Gasteiger partial charge on any atom is 0.228 e. The van der Waals surface area contributed by atoms with E-state index in [1.54, 1.807) is 6.07 Å². The van der Waals surface area contributed by atoms with Crippen molar-refractivity contribution in [1.29, 1.82) is 0 Å². The maximum absolute atomic E-state index is 5.75. The molecule has 1 heterocycles. The summed E-state index contributed by atoms with van der Waals surface area (Å²) in [5.74, 6) is 0.612. The van der Waals surface area contributed by atoms with Gasteiger partial charge in [0.25, 0.3) is 0 Å². The third-order valence-electron chi connectivity index (χ3n) is 2.57. The molecule has 3 rings (SSSR count). The number of nitrogen functional groups attached to an aromatic ring is 1. The molecule has 0 saturated carbocycles. The van der Waals surface area contributed by atoms with Crippen molar-refractivity contribution < 1.29 is 4.42 Å². The van der Waals surface area contributed by atoms with E-state index in [1.807, 2.05) is 30.3 Å². The lowest BCUT2D eigenvalue weighted by molar-refractivity contribution is 0.619. The van der Waals surface area contributed by atoms with Crippen LogP contribution >= 0.6 is 38.5 Å². The van der Waals surface area contributed by atoms with E-state index in [2.05, 4.69) is 43.5 Å². The number of nitrogens with two attached hydrogens (primary N) is 1.